The van der Waals surface area contributed by atoms with Gasteiger partial charge in [0.15, 0.2) is 0 Å². The Bertz CT molecular complexity index is 658. The molecule has 0 aromatic heterocycles. The van der Waals surface area contributed by atoms with Gasteiger partial charge in [0.1, 0.15) is 0 Å². The molecule has 1 N–H and O–H groups in total. The van der Waals surface area contributed by atoms with Crippen LogP contribution in [-0.4, -0.2) is 29.1 Å². The SMILES string of the molecule is CCC(c1ccc(-c2ccccc2)cc1)N1CCC(C(=O)O)CC1. The number of rotatable bonds is 5. The third kappa shape index (κ3) is 3.68. The van der Waals surface area contributed by atoms with Gasteiger partial charge in [-0.1, -0.05) is 61.5 Å². The van der Waals surface area contributed by atoms with Crippen LogP contribution >= 0.6 is 0 Å². The lowest BCUT2D eigenvalue weighted by molar-refractivity contribution is -0.143. The van der Waals surface area contributed by atoms with E-state index < -0.39 is 5.97 Å². The molecule has 1 aliphatic heterocycles. The summed E-state index contributed by atoms with van der Waals surface area (Å²) in [6.07, 6.45) is 2.56. The van der Waals surface area contributed by atoms with Crippen LogP contribution in [-0.2, 0) is 4.79 Å². The van der Waals surface area contributed by atoms with E-state index in [4.69, 9.17) is 5.11 Å². The maximum absolute atomic E-state index is 11.1. The van der Waals surface area contributed by atoms with Gasteiger partial charge in [0, 0.05) is 6.04 Å². The van der Waals surface area contributed by atoms with Crippen LogP contribution < -0.4 is 0 Å². The quantitative estimate of drug-likeness (QED) is 0.874. The minimum atomic E-state index is -0.644. The van der Waals surface area contributed by atoms with E-state index in [9.17, 15) is 4.79 Å². The largest absolute Gasteiger partial charge is 0.481 e. The zero-order chi connectivity index (χ0) is 16.9. The van der Waals surface area contributed by atoms with Crippen molar-refractivity contribution in [3.05, 3.63) is 60.2 Å². The van der Waals surface area contributed by atoms with Gasteiger partial charge in [-0.25, -0.2) is 0 Å². The Morgan fingerprint density at radius 1 is 1.04 bits per heavy atom. The summed E-state index contributed by atoms with van der Waals surface area (Å²) in [5, 5.41) is 9.16. The van der Waals surface area contributed by atoms with Gasteiger partial charge in [0.25, 0.3) is 0 Å². The molecular weight excluding hydrogens is 298 g/mol. The van der Waals surface area contributed by atoms with Crippen molar-refractivity contribution in [2.75, 3.05) is 13.1 Å². The highest BCUT2D eigenvalue weighted by atomic mass is 16.4. The highest BCUT2D eigenvalue weighted by Gasteiger charge is 2.28. The molecule has 3 nitrogen and oxygen atoms in total. The number of hydrogen-bond donors (Lipinski definition) is 1. The molecule has 3 rings (SSSR count). The van der Waals surface area contributed by atoms with Crippen molar-refractivity contribution in [2.45, 2.75) is 32.2 Å². The minimum absolute atomic E-state index is 0.167. The van der Waals surface area contributed by atoms with Crippen LogP contribution in [0.15, 0.2) is 54.6 Å². The molecule has 1 aliphatic rings. The monoisotopic (exact) mass is 323 g/mol. The zero-order valence-corrected chi connectivity index (χ0v) is 14.2. The lowest BCUT2D eigenvalue weighted by atomic mass is 9.93. The molecule has 2 aromatic rings. The highest BCUT2D eigenvalue weighted by Crippen LogP contribution is 2.30. The van der Waals surface area contributed by atoms with Crippen molar-refractivity contribution < 1.29 is 9.90 Å². The van der Waals surface area contributed by atoms with Gasteiger partial charge in [-0.05, 0) is 49.0 Å². The number of aliphatic carboxylic acids is 1. The number of carbonyl (C=O) groups is 1. The Balaban J connectivity index is 1.71. The first-order chi connectivity index (χ1) is 11.7. The van der Waals surface area contributed by atoms with E-state index in [2.05, 4.69) is 60.4 Å². The van der Waals surface area contributed by atoms with Crippen LogP contribution in [0.2, 0.25) is 0 Å². The van der Waals surface area contributed by atoms with E-state index in [1.54, 1.807) is 0 Å². The molecule has 3 heteroatoms. The maximum atomic E-state index is 11.1. The van der Waals surface area contributed by atoms with Crippen LogP contribution in [0.25, 0.3) is 11.1 Å². The van der Waals surface area contributed by atoms with E-state index >= 15 is 0 Å². The molecule has 0 aliphatic carbocycles. The average molecular weight is 323 g/mol. The normalized spacial score (nSPS) is 17.5. The molecule has 1 heterocycles. The molecular formula is C21H25NO2. The second kappa shape index (κ2) is 7.63. The number of carboxylic acid groups (broad SMARTS) is 1. The van der Waals surface area contributed by atoms with E-state index in [1.807, 2.05) is 6.07 Å². The summed E-state index contributed by atoms with van der Waals surface area (Å²) in [4.78, 5) is 13.6. The van der Waals surface area contributed by atoms with Crippen molar-refractivity contribution in [3.8, 4) is 11.1 Å². The van der Waals surface area contributed by atoms with Gasteiger partial charge in [0.2, 0.25) is 0 Å². The van der Waals surface area contributed by atoms with Gasteiger partial charge in [-0.2, -0.15) is 0 Å². The molecule has 0 radical (unpaired) electrons. The molecule has 24 heavy (non-hydrogen) atoms. The Morgan fingerprint density at radius 2 is 1.62 bits per heavy atom. The second-order valence-electron chi connectivity index (χ2n) is 6.56. The third-order valence-corrected chi connectivity index (χ3v) is 5.11. The lowest BCUT2D eigenvalue weighted by Crippen LogP contribution is -2.38. The molecule has 126 valence electrons. The molecule has 1 saturated heterocycles. The number of benzene rings is 2. The minimum Gasteiger partial charge on any atom is -0.481 e. The number of nitrogens with zero attached hydrogens (tertiary/aromatic N) is 1. The van der Waals surface area contributed by atoms with Crippen LogP contribution in [0.4, 0.5) is 0 Å². The first kappa shape index (κ1) is 16.7. The standard InChI is InChI=1S/C21H25NO2/c1-2-20(22-14-12-19(13-15-22)21(23)24)18-10-8-17(9-11-18)16-6-4-3-5-7-16/h3-11,19-20H,2,12-15H2,1H3,(H,23,24). The van der Waals surface area contributed by atoms with E-state index in [-0.39, 0.29) is 5.92 Å². The van der Waals surface area contributed by atoms with Crippen molar-refractivity contribution >= 4 is 5.97 Å². The Kier molecular flexibility index (Phi) is 5.31. The number of likely N-dealkylation sites (tertiary alicyclic amines) is 1. The fraction of sp³-hybridized carbons (Fsp3) is 0.381. The van der Waals surface area contributed by atoms with Crippen LogP contribution in [0.1, 0.15) is 37.8 Å². The summed E-state index contributed by atoms with van der Waals surface area (Å²) in [6, 6.07) is 19.6. The summed E-state index contributed by atoms with van der Waals surface area (Å²) in [5.74, 6) is -0.811. The predicted molar refractivity (Wildman–Crippen MR) is 96.8 cm³/mol. The molecule has 0 spiro atoms. The van der Waals surface area contributed by atoms with Gasteiger partial charge < -0.3 is 5.11 Å². The summed E-state index contributed by atoms with van der Waals surface area (Å²) in [6.45, 7) is 3.95. The maximum Gasteiger partial charge on any atom is 0.306 e. The summed E-state index contributed by atoms with van der Waals surface area (Å²) >= 11 is 0. The fourth-order valence-electron chi connectivity index (χ4n) is 3.69. The molecule has 0 saturated carbocycles. The van der Waals surface area contributed by atoms with Gasteiger partial charge in [0.05, 0.1) is 5.92 Å². The van der Waals surface area contributed by atoms with Gasteiger partial charge >= 0.3 is 5.97 Å². The molecule has 0 amide bonds. The van der Waals surface area contributed by atoms with Crippen molar-refractivity contribution in [2.24, 2.45) is 5.92 Å². The van der Waals surface area contributed by atoms with Gasteiger partial charge in [-0.3, -0.25) is 9.69 Å². The topological polar surface area (TPSA) is 40.5 Å². The zero-order valence-electron chi connectivity index (χ0n) is 14.2. The highest BCUT2D eigenvalue weighted by molar-refractivity contribution is 5.70. The number of piperidine rings is 1. The third-order valence-electron chi connectivity index (χ3n) is 5.11. The van der Waals surface area contributed by atoms with Crippen LogP contribution in [0, 0.1) is 5.92 Å². The first-order valence-electron chi connectivity index (χ1n) is 8.81. The molecule has 1 unspecified atom stereocenters. The fourth-order valence-corrected chi connectivity index (χ4v) is 3.69. The molecule has 0 bridgehead atoms. The Morgan fingerprint density at radius 3 is 2.17 bits per heavy atom. The first-order valence-corrected chi connectivity index (χ1v) is 8.81. The smallest absolute Gasteiger partial charge is 0.306 e. The van der Waals surface area contributed by atoms with Crippen molar-refractivity contribution in [3.63, 3.8) is 0 Å². The molecule has 1 atom stereocenters. The Labute approximate surface area is 143 Å². The number of carboxylic acids is 1. The summed E-state index contributed by atoms with van der Waals surface area (Å²) < 4.78 is 0. The lowest BCUT2D eigenvalue weighted by Gasteiger charge is -2.36. The van der Waals surface area contributed by atoms with Crippen LogP contribution in [0.3, 0.4) is 0 Å². The van der Waals surface area contributed by atoms with Crippen LogP contribution in [0.5, 0.6) is 0 Å². The summed E-state index contributed by atoms with van der Waals surface area (Å²) in [7, 11) is 0. The van der Waals surface area contributed by atoms with Crippen molar-refractivity contribution in [1.82, 2.24) is 4.90 Å². The Hall–Kier alpha value is -2.13. The average Bonchev–Trinajstić information content (AvgIpc) is 2.64. The second-order valence-corrected chi connectivity index (χ2v) is 6.56. The van der Waals surface area contributed by atoms with Gasteiger partial charge in [-0.15, -0.1) is 0 Å². The number of hydrogen-bond acceptors (Lipinski definition) is 2. The molecule has 2 aromatic carbocycles. The summed E-state index contributed by atoms with van der Waals surface area (Å²) in [5.41, 5.74) is 3.80. The predicted octanol–water partition coefficient (Wildman–Crippen LogP) is 4.60. The van der Waals surface area contributed by atoms with E-state index in [0.717, 1.165) is 32.4 Å². The van der Waals surface area contributed by atoms with E-state index in [1.165, 1.54) is 16.7 Å². The van der Waals surface area contributed by atoms with Crippen molar-refractivity contribution in [1.29, 1.82) is 0 Å². The molecule has 1 fully saturated rings. The van der Waals surface area contributed by atoms with E-state index in [0.29, 0.717) is 6.04 Å².